The first-order valence-corrected chi connectivity index (χ1v) is 6.74. The van der Waals surface area contributed by atoms with Crippen LogP contribution in [0.15, 0.2) is 0 Å². The summed E-state index contributed by atoms with van der Waals surface area (Å²) in [7, 11) is -3.21. The van der Waals surface area contributed by atoms with Crippen LogP contribution in [0.4, 0.5) is 0 Å². The van der Waals surface area contributed by atoms with E-state index in [1.807, 2.05) is 13.8 Å². The fourth-order valence-electron chi connectivity index (χ4n) is 1.99. The van der Waals surface area contributed by atoms with Crippen molar-refractivity contribution in [3.05, 3.63) is 0 Å². The van der Waals surface area contributed by atoms with Gasteiger partial charge in [0.1, 0.15) is 5.21 Å². The van der Waals surface area contributed by atoms with E-state index < -0.39 is 10.0 Å². The summed E-state index contributed by atoms with van der Waals surface area (Å²) >= 11 is 5.43. The van der Waals surface area contributed by atoms with Crippen LogP contribution in [0.5, 0.6) is 0 Å². The average Bonchev–Trinajstić information content (AvgIpc) is 2.47. The van der Waals surface area contributed by atoms with E-state index in [1.54, 1.807) is 4.31 Å². The molecule has 5 heteroatoms. The maximum absolute atomic E-state index is 11.6. The van der Waals surface area contributed by atoms with Crippen LogP contribution in [0.1, 0.15) is 33.1 Å². The Bertz CT molecular complexity index is 265. The minimum absolute atomic E-state index is 0.119. The van der Waals surface area contributed by atoms with Gasteiger partial charge < -0.3 is 0 Å². The second-order valence-corrected chi connectivity index (χ2v) is 6.00. The number of sulfonamides is 1. The van der Waals surface area contributed by atoms with Gasteiger partial charge in [0.25, 0.3) is 0 Å². The molecule has 0 amide bonds. The van der Waals surface area contributed by atoms with Crippen molar-refractivity contribution in [1.29, 1.82) is 0 Å². The molecule has 0 aromatic carbocycles. The molecule has 0 aromatic rings. The predicted molar refractivity (Wildman–Crippen MR) is 54.3 cm³/mol. The highest BCUT2D eigenvalue weighted by Gasteiger charge is 2.37. The molecule has 0 spiro atoms. The van der Waals surface area contributed by atoms with E-state index in [2.05, 4.69) is 0 Å². The predicted octanol–water partition coefficient (Wildman–Crippen LogP) is 1.78. The second kappa shape index (κ2) is 4.15. The monoisotopic (exact) mass is 225 g/mol. The minimum atomic E-state index is -3.21. The first-order chi connectivity index (χ1) is 6.03. The minimum Gasteiger partial charge on any atom is -0.211 e. The molecule has 1 heterocycles. The van der Waals surface area contributed by atoms with E-state index in [1.165, 1.54) is 0 Å². The zero-order valence-corrected chi connectivity index (χ0v) is 9.61. The third-order valence-corrected chi connectivity index (χ3v) is 5.05. The average molecular weight is 226 g/mol. The summed E-state index contributed by atoms with van der Waals surface area (Å²) in [6, 6.07) is 0.285. The summed E-state index contributed by atoms with van der Waals surface area (Å²) in [5, 5.41) is -0.298. The quantitative estimate of drug-likeness (QED) is 0.687. The van der Waals surface area contributed by atoms with Crippen molar-refractivity contribution in [3.63, 3.8) is 0 Å². The van der Waals surface area contributed by atoms with Gasteiger partial charge in [-0.2, -0.15) is 4.31 Å². The lowest BCUT2D eigenvalue weighted by Gasteiger charge is -2.25. The number of hydrogen-bond acceptors (Lipinski definition) is 2. The molecule has 1 fully saturated rings. The van der Waals surface area contributed by atoms with E-state index >= 15 is 0 Å². The molecule has 0 radical (unpaired) electrons. The lowest BCUT2D eigenvalue weighted by molar-refractivity contribution is 0.330. The van der Waals surface area contributed by atoms with Gasteiger partial charge in [-0.05, 0) is 26.2 Å². The Morgan fingerprint density at radius 1 is 1.46 bits per heavy atom. The second-order valence-electron chi connectivity index (χ2n) is 3.54. The molecule has 2 unspecified atom stereocenters. The van der Waals surface area contributed by atoms with Gasteiger partial charge in [-0.15, -0.1) is 11.6 Å². The SMILES string of the molecule is CCC1CCC(C)N1S(=O)(=O)CCl. The Hall–Kier alpha value is 0.200. The fraction of sp³-hybridized carbons (Fsp3) is 1.00. The molecule has 0 aromatic heterocycles. The molecule has 0 saturated carbocycles. The molecule has 13 heavy (non-hydrogen) atoms. The summed E-state index contributed by atoms with van der Waals surface area (Å²) < 4.78 is 24.7. The highest BCUT2D eigenvalue weighted by atomic mass is 35.5. The Balaban J connectivity index is 2.87. The maximum atomic E-state index is 11.6. The largest absolute Gasteiger partial charge is 0.228 e. The van der Waals surface area contributed by atoms with Crippen molar-refractivity contribution in [2.45, 2.75) is 45.2 Å². The number of hydrogen-bond donors (Lipinski definition) is 0. The molecule has 78 valence electrons. The molecule has 3 nitrogen and oxygen atoms in total. The van der Waals surface area contributed by atoms with Crippen LogP contribution >= 0.6 is 11.6 Å². The first kappa shape index (κ1) is 11.3. The molecule has 0 aliphatic carbocycles. The zero-order chi connectivity index (χ0) is 10.1. The number of nitrogens with zero attached hydrogens (tertiary/aromatic N) is 1. The van der Waals surface area contributed by atoms with Gasteiger partial charge in [-0.25, -0.2) is 8.42 Å². The molecule has 2 atom stereocenters. The summed E-state index contributed by atoms with van der Waals surface area (Å²) in [6.07, 6.45) is 2.79. The lowest BCUT2D eigenvalue weighted by Crippen LogP contribution is -2.40. The van der Waals surface area contributed by atoms with E-state index in [4.69, 9.17) is 11.6 Å². The van der Waals surface area contributed by atoms with Crippen molar-refractivity contribution >= 4 is 21.6 Å². The van der Waals surface area contributed by atoms with Crippen LogP contribution in [-0.2, 0) is 10.0 Å². The van der Waals surface area contributed by atoms with E-state index in [0.29, 0.717) is 0 Å². The highest BCUT2D eigenvalue weighted by Crippen LogP contribution is 2.29. The van der Waals surface area contributed by atoms with Crippen molar-refractivity contribution < 1.29 is 8.42 Å². The van der Waals surface area contributed by atoms with Crippen molar-refractivity contribution in [2.24, 2.45) is 0 Å². The standard InChI is InChI=1S/C8H16ClNO2S/c1-3-8-5-4-7(2)10(8)13(11,12)6-9/h7-8H,3-6H2,1-2H3. The van der Waals surface area contributed by atoms with Crippen LogP contribution in [0.3, 0.4) is 0 Å². The Kier molecular flexibility index (Phi) is 3.60. The molecule has 1 rings (SSSR count). The Labute approximate surface area is 85.1 Å². The number of alkyl halides is 1. The van der Waals surface area contributed by atoms with Crippen molar-refractivity contribution in [3.8, 4) is 0 Å². The summed E-state index contributed by atoms with van der Waals surface area (Å²) in [5.74, 6) is 0. The Morgan fingerprint density at radius 2 is 2.08 bits per heavy atom. The van der Waals surface area contributed by atoms with Crippen LogP contribution in [0.2, 0.25) is 0 Å². The van der Waals surface area contributed by atoms with Gasteiger partial charge in [-0.3, -0.25) is 0 Å². The lowest BCUT2D eigenvalue weighted by atomic mass is 10.2. The normalized spacial score (nSPS) is 31.0. The molecule has 0 N–H and O–H groups in total. The third kappa shape index (κ3) is 2.17. The smallest absolute Gasteiger partial charge is 0.211 e. The summed E-state index contributed by atoms with van der Waals surface area (Å²) in [5.41, 5.74) is 0. The van der Waals surface area contributed by atoms with Gasteiger partial charge in [0.15, 0.2) is 0 Å². The van der Waals surface area contributed by atoms with E-state index in [-0.39, 0.29) is 17.3 Å². The zero-order valence-electron chi connectivity index (χ0n) is 8.03. The van der Waals surface area contributed by atoms with E-state index in [0.717, 1.165) is 19.3 Å². The van der Waals surface area contributed by atoms with Crippen molar-refractivity contribution in [2.75, 3.05) is 5.21 Å². The summed E-state index contributed by atoms with van der Waals surface area (Å²) in [4.78, 5) is 0. The van der Waals surface area contributed by atoms with Gasteiger partial charge >= 0.3 is 0 Å². The number of rotatable bonds is 3. The van der Waals surface area contributed by atoms with Crippen LogP contribution in [0, 0.1) is 0 Å². The Morgan fingerprint density at radius 3 is 2.54 bits per heavy atom. The molecular weight excluding hydrogens is 210 g/mol. The molecule has 1 aliphatic rings. The maximum Gasteiger partial charge on any atom is 0.228 e. The van der Waals surface area contributed by atoms with Gasteiger partial charge in [-0.1, -0.05) is 6.92 Å². The third-order valence-electron chi connectivity index (χ3n) is 2.64. The van der Waals surface area contributed by atoms with Crippen LogP contribution in [-0.4, -0.2) is 30.0 Å². The van der Waals surface area contributed by atoms with Gasteiger partial charge in [0.05, 0.1) is 0 Å². The molecule has 1 saturated heterocycles. The first-order valence-electron chi connectivity index (χ1n) is 4.60. The molecular formula is C8H16ClNO2S. The van der Waals surface area contributed by atoms with Gasteiger partial charge in [0.2, 0.25) is 10.0 Å². The van der Waals surface area contributed by atoms with Gasteiger partial charge in [0, 0.05) is 12.1 Å². The van der Waals surface area contributed by atoms with Crippen LogP contribution in [0.25, 0.3) is 0 Å². The fourth-order valence-corrected chi connectivity index (χ4v) is 3.80. The molecule has 1 aliphatic heterocycles. The molecule has 0 bridgehead atoms. The van der Waals surface area contributed by atoms with E-state index in [9.17, 15) is 8.42 Å². The topological polar surface area (TPSA) is 37.4 Å². The summed E-state index contributed by atoms with van der Waals surface area (Å²) in [6.45, 7) is 3.96. The van der Waals surface area contributed by atoms with Crippen LogP contribution < -0.4 is 0 Å². The number of halogens is 1. The van der Waals surface area contributed by atoms with Crippen molar-refractivity contribution in [1.82, 2.24) is 4.31 Å². The highest BCUT2D eigenvalue weighted by molar-refractivity contribution is 7.90.